The molecule has 0 aromatic rings. The first kappa shape index (κ1) is 14.3. The van der Waals surface area contributed by atoms with Crippen molar-refractivity contribution in [2.45, 2.75) is 32.9 Å². The summed E-state index contributed by atoms with van der Waals surface area (Å²) in [6.45, 7) is 8.14. The van der Waals surface area contributed by atoms with Gasteiger partial charge < -0.3 is 5.32 Å². The zero-order valence-corrected chi connectivity index (χ0v) is 10.8. The number of hydrogen-bond donors (Lipinski definition) is 2. The first-order valence-corrected chi connectivity index (χ1v) is 5.95. The van der Waals surface area contributed by atoms with Crippen molar-refractivity contribution in [3.05, 3.63) is 0 Å². The maximum Gasteiger partial charge on any atom is 0.321 e. The molecule has 0 spiro atoms. The lowest BCUT2D eigenvalue weighted by atomic mass is 10.0. The fraction of sp³-hybridized carbons (Fsp3) is 0.800. The minimum absolute atomic E-state index is 0.187. The minimum atomic E-state index is -0.455. The van der Waals surface area contributed by atoms with Crippen LogP contribution < -0.4 is 10.6 Å². The highest BCUT2D eigenvalue weighted by Crippen LogP contribution is 2.23. The molecule has 0 saturated carbocycles. The number of carbonyl (C=O) groups is 2. The number of urea groups is 1. The molecule has 0 aromatic heterocycles. The molecule has 0 radical (unpaired) electrons. The summed E-state index contributed by atoms with van der Waals surface area (Å²) >= 11 is 1.55. The van der Waals surface area contributed by atoms with E-state index in [0.717, 1.165) is 5.75 Å². The van der Waals surface area contributed by atoms with Crippen LogP contribution in [0.25, 0.3) is 0 Å². The fourth-order valence-corrected chi connectivity index (χ4v) is 1.69. The highest BCUT2D eigenvalue weighted by Gasteiger charge is 2.19. The summed E-state index contributed by atoms with van der Waals surface area (Å²) in [6, 6.07) is -0.455. The van der Waals surface area contributed by atoms with Crippen LogP contribution in [0.2, 0.25) is 0 Å². The first-order chi connectivity index (χ1) is 6.76. The van der Waals surface area contributed by atoms with Gasteiger partial charge in [0.05, 0.1) is 5.25 Å². The van der Waals surface area contributed by atoms with Gasteiger partial charge in [-0.1, -0.05) is 20.8 Å². The molecule has 0 aliphatic carbocycles. The summed E-state index contributed by atoms with van der Waals surface area (Å²) in [5.74, 6) is 0.638. The van der Waals surface area contributed by atoms with E-state index in [4.69, 9.17) is 0 Å². The van der Waals surface area contributed by atoms with Crippen molar-refractivity contribution in [3.8, 4) is 0 Å². The summed E-state index contributed by atoms with van der Waals surface area (Å²) < 4.78 is 0. The molecular formula is C10H20N2O2S. The second-order valence-electron chi connectivity index (χ2n) is 4.58. The molecule has 4 nitrogen and oxygen atoms in total. The molecule has 0 unspecified atom stereocenters. The number of rotatable bonds is 3. The smallest absolute Gasteiger partial charge is 0.321 e. The Balaban J connectivity index is 3.95. The molecule has 0 aromatic carbocycles. The van der Waals surface area contributed by atoms with E-state index in [1.54, 1.807) is 18.7 Å². The molecule has 0 bridgehead atoms. The van der Waals surface area contributed by atoms with Gasteiger partial charge in [0.25, 0.3) is 0 Å². The van der Waals surface area contributed by atoms with Gasteiger partial charge in [0, 0.05) is 7.05 Å². The molecule has 0 aliphatic rings. The number of hydrogen-bond acceptors (Lipinski definition) is 3. The summed E-state index contributed by atoms with van der Waals surface area (Å²) in [5, 5.41) is 4.39. The van der Waals surface area contributed by atoms with E-state index in [0.29, 0.717) is 0 Å². The number of amides is 3. The van der Waals surface area contributed by atoms with Crippen LogP contribution in [0.15, 0.2) is 0 Å². The molecule has 0 fully saturated rings. The van der Waals surface area contributed by atoms with Crippen molar-refractivity contribution in [2.75, 3.05) is 12.8 Å². The van der Waals surface area contributed by atoms with Crippen molar-refractivity contribution in [1.29, 1.82) is 0 Å². The molecule has 0 aliphatic heterocycles. The van der Waals surface area contributed by atoms with Crippen LogP contribution in [0.5, 0.6) is 0 Å². The van der Waals surface area contributed by atoms with Gasteiger partial charge >= 0.3 is 6.03 Å². The number of nitrogens with one attached hydrogen (secondary N) is 2. The normalized spacial score (nSPS) is 13.1. The van der Waals surface area contributed by atoms with Crippen LogP contribution in [-0.2, 0) is 4.79 Å². The molecule has 0 heterocycles. The van der Waals surface area contributed by atoms with E-state index < -0.39 is 6.03 Å². The quantitative estimate of drug-likeness (QED) is 0.777. The van der Waals surface area contributed by atoms with E-state index in [9.17, 15) is 9.59 Å². The molecule has 2 N–H and O–H groups in total. The maximum absolute atomic E-state index is 11.4. The van der Waals surface area contributed by atoms with E-state index in [2.05, 4.69) is 31.4 Å². The maximum atomic E-state index is 11.4. The van der Waals surface area contributed by atoms with Crippen LogP contribution in [0.1, 0.15) is 27.7 Å². The Hall–Kier alpha value is -0.710. The Morgan fingerprint density at radius 2 is 1.87 bits per heavy atom. The highest BCUT2D eigenvalue weighted by molar-refractivity contribution is 8.00. The lowest BCUT2D eigenvalue weighted by molar-refractivity contribution is -0.119. The second-order valence-corrected chi connectivity index (χ2v) is 5.91. The number of imide groups is 1. The van der Waals surface area contributed by atoms with Crippen molar-refractivity contribution < 1.29 is 9.59 Å². The van der Waals surface area contributed by atoms with Gasteiger partial charge in [0.15, 0.2) is 0 Å². The van der Waals surface area contributed by atoms with Crippen molar-refractivity contribution in [3.63, 3.8) is 0 Å². The van der Waals surface area contributed by atoms with Gasteiger partial charge in [-0.25, -0.2) is 4.79 Å². The summed E-state index contributed by atoms with van der Waals surface area (Å²) in [6.07, 6.45) is 0. The average molecular weight is 232 g/mol. The monoisotopic (exact) mass is 232 g/mol. The molecule has 1 atom stereocenters. The largest absolute Gasteiger partial charge is 0.341 e. The zero-order chi connectivity index (χ0) is 12.1. The number of thioether (sulfide) groups is 1. The van der Waals surface area contributed by atoms with Crippen LogP contribution >= 0.6 is 11.8 Å². The summed E-state index contributed by atoms with van der Waals surface area (Å²) in [5.41, 5.74) is 0.187. The van der Waals surface area contributed by atoms with Gasteiger partial charge in [-0.15, -0.1) is 11.8 Å². The van der Waals surface area contributed by atoms with E-state index in [1.165, 1.54) is 7.05 Å². The van der Waals surface area contributed by atoms with Gasteiger partial charge in [-0.3, -0.25) is 10.1 Å². The van der Waals surface area contributed by atoms with Gasteiger partial charge in [-0.05, 0) is 18.1 Å². The van der Waals surface area contributed by atoms with Crippen molar-refractivity contribution in [2.24, 2.45) is 5.41 Å². The summed E-state index contributed by atoms with van der Waals surface area (Å²) in [4.78, 5) is 22.3. The Kier molecular flexibility index (Phi) is 5.72. The van der Waals surface area contributed by atoms with Crippen LogP contribution in [0, 0.1) is 5.41 Å². The lowest BCUT2D eigenvalue weighted by Gasteiger charge is -2.19. The van der Waals surface area contributed by atoms with Crippen molar-refractivity contribution >= 4 is 23.7 Å². The van der Waals surface area contributed by atoms with Crippen LogP contribution in [0.3, 0.4) is 0 Å². The Morgan fingerprint density at radius 1 is 1.33 bits per heavy atom. The lowest BCUT2D eigenvalue weighted by Crippen LogP contribution is -2.41. The summed E-state index contributed by atoms with van der Waals surface area (Å²) in [7, 11) is 1.48. The average Bonchev–Trinajstić information content (AvgIpc) is 2.12. The molecule has 0 rings (SSSR count). The third-order valence-corrected chi connectivity index (χ3v) is 3.35. The third kappa shape index (κ3) is 7.25. The predicted molar refractivity (Wildman–Crippen MR) is 64.0 cm³/mol. The zero-order valence-electron chi connectivity index (χ0n) is 10.0. The predicted octanol–water partition coefficient (Wildman–Crippen LogP) is 1.61. The standard InChI is InChI=1S/C10H20N2O2S/c1-7(15-6-10(2,3)4)8(13)12-9(14)11-5/h7H,6H2,1-5H3,(H2,11,12,13,14)/t7-/m0/s1. The Bertz CT molecular complexity index is 236. The van der Waals surface area contributed by atoms with Crippen molar-refractivity contribution in [1.82, 2.24) is 10.6 Å². The number of carbonyl (C=O) groups excluding carboxylic acids is 2. The van der Waals surface area contributed by atoms with Gasteiger partial charge in [-0.2, -0.15) is 0 Å². The van der Waals surface area contributed by atoms with Crippen LogP contribution in [-0.4, -0.2) is 30.0 Å². The molecule has 15 heavy (non-hydrogen) atoms. The van der Waals surface area contributed by atoms with E-state index >= 15 is 0 Å². The van der Waals surface area contributed by atoms with E-state index in [1.807, 2.05) is 0 Å². The minimum Gasteiger partial charge on any atom is -0.341 e. The molecule has 3 amide bonds. The Morgan fingerprint density at radius 3 is 2.27 bits per heavy atom. The second kappa shape index (κ2) is 6.00. The topological polar surface area (TPSA) is 58.2 Å². The van der Waals surface area contributed by atoms with Gasteiger partial charge in [0.1, 0.15) is 0 Å². The Labute approximate surface area is 95.6 Å². The molecule has 5 heteroatoms. The highest BCUT2D eigenvalue weighted by atomic mass is 32.2. The molecular weight excluding hydrogens is 212 g/mol. The van der Waals surface area contributed by atoms with Crippen LogP contribution in [0.4, 0.5) is 4.79 Å². The SMILES string of the molecule is CNC(=O)NC(=O)[C@H](C)SCC(C)(C)C. The van der Waals surface area contributed by atoms with E-state index in [-0.39, 0.29) is 16.6 Å². The molecule has 0 saturated heterocycles. The van der Waals surface area contributed by atoms with Gasteiger partial charge in [0.2, 0.25) is 5.91 Å². The first-order valence-electron chi connectivity index (χ1n) is 4.90. The third-order valence-electron chi connectivity index (χ3n) is 1.60. The molecule has 88 valence electrons. The fourth-order valence-electron chi connectivity index (χ4n) is 0.727.